The Balaban J connectivity index is 2.33. The van der Waals surface area contributed by atoms with Crippen molar-refractivity contribution >= 4 is 33.1 Å². The van der Waals surface area contributed by atoms with Gasteiger partial charge >= 0.3 is 0 Å². The molecule has 98 valence electrons. The van der Waals surface area contributed by atoms with Gasteiger partial charge in [-0.1, -0.05) is 0 Å². The molecule has 0 aliphatic heterocycles. The third kappa shape index (κ3) is 3.14. The Labute approximate surface area is 125 Å². The van der Waals surface area contributed by atoms with E-state index in [0.29, 0.717) is 5.56 Å². The number of hydrogen-bond acceptors (Lipinski definition) is 4. The Hall–Kier alpha value is -1.38. The molecule has 0 saturated heterocycles. The van der Waals surface area contributed by atoms with E-state index in [1.54, 1.807) is 11.3 Å². The lowest BCUT2D eigenvalue weighted by atomic mass is 10.1. The minimum absolute atomic E-state index is 0.656. The zero-order chi connectivity index (χ0) is 14.0. The van der Waals surface area contributed by atoms with E-state index in [1.165, 1.54) is 4.88 Å². The van der Waals surface area contributed by atoms with Gasteiger partial charge in [0, 0.05) is 27.5 Å². The molecule has 0 N–H and O–H groups in total. The summed E-state index contributed by atoms with van der Waals surface area (Å²) in [6.07, 6.45) is 0. The van der Waals surface area contributed by atoms with E-state index in [2.05, 4.69) is 38.4 Å². The Morgan fingerprint density at radius 1 is 1.42 bits per heavy atom. The lowest BCUT2D eigenvalue weighted by molar-refractivity contribution is 0.899. The predicted molar refractivity (Wildman–Crippen MR) is 82.6 cm³/mol. The number of aryl methyl sites for hydroxylation is 2. The molecule has 0 unspecified atom stereocenters. The molecule has 19 heavy (non-hydrogen) atoms. The van der Waals surface area contributed by atoms with E-state index in [4.69, 9.17) is 0 Å². The number of aromatic nitrogens is 1. The first kappa shape index (κ1) is 14.0. The normalized spacial score (nSPS) is 10.3. The zero-order valence-electron chi connectivity index (χ0n) is 11.1. The van der Waals surface area contributed by atoms with Crippen molar-refractivity contribution in [3.63, 3.8) is 0 Å². The predicted octanol–water partition coefficient (Wildman–Crippen LogP) is 4.03. The summed E-state index contributed by atoms with van der Waals surface area (Å²) in [5.41, 5.74) is 2.57. The summed E-state index contributed by atoms with van der Waals surface area (Å²) in [4.78, 5) is 7.76. The van der Waals surface area contributed by atoms with Gasteiger partial charge in [0.15, 0.2) is 0 Å². The minimum atomic E-state index is 0.656. The highest BCUT2D eigenvalue weighted by Crippen LogP contribution is 2.25. The van der Waals surface area contributed by atoms with Crippen LogP contribution in [0.25, 0.3) is 0 Å². The van der Waals surface area contributed by atoms with Crippen LogP contribution in [0.3, 0.4) is 0 Å². The van der Waals surface area contributed by atoms with Gasteiger partial charge in [-0.15, -0.1) is 11.3 Å². The highest BCUT2D eigenvalue weighted by molar-refractivity contribution is 9.10. The van der Waals surface area contributed by atoms with Crippen LogP contribution in [0, 0.1) is 25.2 Å². The molecule has 0 aliphatic rings. The standard InChI is InChI=1S/C14H14BrN3S/c1-9-4-10(2)17-14(13(9)6-16)18(3)7-12-5-11(15)8-19-12/h4-5,8H,7H2,1-3H3. The topological polar surface area (TPSA) is 39.9 Å². The molecule has 0 atom stereocenters. The maximum Gasteiger partial charge on any atom is 0.147 e. The van der Waals surface area contributed by atoms with Crippen molar-refractivity contribution < 1.29 is 0 Å². The van der Waals surface area contributed by atoms with Crippen molar-refractivity contribution in [2.45, 2.75) is 20.4 Å². The van der Waals surface area contributed by atoms with Crippen LogP contribution >= 0.6 is 27.3 Å². The summed E-state index contributed by atoms with van der Waals surface area (Å²) in [6, 6.07) is 6.29. The molecule has 0 spiro atoms. The van der Waals surface area contributed by atoms with Crippen molar-refractivity contribution in [2.24, 2.45) is 0 Å². The smallest absolute Gasteiger partial charge is 0.147 e. The lowest BCUT2D eigenvalue weighted by Gasteiger charge is -2.20. The third-order valence-corrected chi connectivity index (χ3v) is 4.50. The quantitative estimate of drug-likeness (QED) is 0.850. The van der Waals surface area contributed by atoms with Crippen molar-refractivity contribution in [1.82, 2.24) is 4.98 Å². The van der Waals surface area contributed by atoms with E-state index in [-0.39, 0.29) is 0 Å². The van der Waals surface area contributed by atoms with Gasteiger partial charge < -0.3 is 4.90 Å². The summed E-state index contributed by atoms with van der Waals surface area (Å²) in [5, 5.41) is 11.3. The molecular formula is C14H14BrN3S. The first-order valence-corrected chi connectivity index (χ1v) is 7.51. The minimum Gasteiger partial charge on any atom is -0.353 e. The van der Waals surface area contributed by atoms with Gasteiger partial charge in [-0.2, -0.15) is 5.26 Å². The second kappa shape index (κ2) is 5.72. The molecule has 0 aliphatic carbocycles. The number of hydrogen-bond donors (Lipinski definition) is 0. The average molecular weight is 336 g/mol. The summed E-state index contributed by atoms with van der Waals surface area (Å²) in [6.45, 7) is 4.65. The maximum atomic E-state index is 9.29. The van der Waals surface area contributed by atoms with Crippen molar-refractivity contribution in [2.75, 3.05) is 11.9 Å². The fourth-order valence-corrected chi connectivity index (χ4v) is 3.48. The Morgan fingerprint density at radius 2 is 2.16 bits per heavy atom. The lowest BCUT2D eigenvalue weighted by Crippen LogP contribution is -2.19. The number of nitrogens with zero attached hydrogens (tertiary/aromatic N) is 3. The van der Waals surface area contributed by atoms with Gasteiger partial charge in [-0.3, -0.25) is 0 Å². The summed E-state index contributed by atoms with van der Waals surface area (Å²) < 4.78 is 1.09. The van der Waals surface area contributed by atoms with Crippen LogP contribution in [0.1, 0.15) is 21.7 Å². The van der Waals surface area contributed by atoms with Crippen LogP contribution in [0.4, 0.5) is 5.82 Å². The van der Waals surface area contributed by atoms with Gasteiger partial charge in [0.25, 0.3) is 0 Å². The Bertz CT molecular complexity index is 643. The molecule has 0 radical (unpaired) electrons. The van der Waals surface area contributed by atoms with E-state index >= 15 is 0 Å². The van der Waals surface area contributed by atoms with E-state index in [9.17, 15) is 5.26 Å². The number of rotatable bonds is 3. The Kier molecular flexibility index (Phi) is 4.23. The van der Waals surface area contributed by atoms with Crippen LogP contribution < -0.4 is 4.90 Å². The number of thiophene rings is 1. The van der Waals surface area contributed by atoms with Crippen molar-refractivity contribution in [3.8, 4) is 6.07 Å². The monoisotopic (exact) mass is 335 g/mol. The summed E-state index contributed by atoms with van der Waals surface area (Å²) in [7, 11) is 1.97. The number of pyridine rings is 1. The SMILES string of the molecule is Cc1cc(C)c(C#N)c(N(C)Cc2cc(Br)cs2)n1. The molecule has 2 rings (SSSR count). The molecule has 0 bridgehead atoms. The van der Waals surface area contributed by atoms with E-state index in [1.807, 2.05) is 31.9 Å². The van der Waals surface area contributed by atoms with Crippen LogP contribution in [0.2, 0.25) is 0 Å². The van der Waals surface area contributed by atoms with Gasteiger partial charge in [-0.05, 0) is 47.5 Å². The van der Waals surface area contributed by atoms with E-state index in [0.717, 1.165) is 28.1 Å². The molecule has 0 amide bonds. The van der Waals surface area contributed by atoms with Gasteiger partial charge in [0.1, 0.15) is 11.9 Å². The highest BCUT2D eigenvalue weighted by Gasteiger charge is 2.13. The second-order valence-electron chi connectivity index (χ2n) is 4.48. The largest absolute Gasteiger partial charge is 0.353 e. The number of nitriles is 1. The fraction of sp³-hybridized carbons (Fsp3) is 0.286. The van der Waals surface area contributed by atoms with Gasteiger partial charge in [0.05, 0.1) is 12.1 Å². The number of halogens is 1. The second-order valence-corrected chi connectivity index (χ2v) is 6.39. The zero-order valence-corrected chi connectivity index (χ0v) is 13.5. The summed E-state index contributed by atoms with van der Waals surface area (Å²) >= 11 is 5.15. The Morgan fingerprint density at radius 3 is 2.74 bits per heavy atom. The molecule has 2 aromatic rings. The molecule has 3 nitrogen and oxygen atoms in total. The molecule has 0 saturated carbocycles. The van der Waals surface area contributed by atoms with Crippen LogP contribution in [-0.2, 0) is 6.54 Å². The first-order chi connectivity index (χ1) is 9.01. The third-order valence-electron chi connectivity index (χ3n) is 2.81. The molecular weight excluding hydrogens is 322 g/mol. The van der Waals surface area contributed by atoms with Crippen LogP contribution in [0.15, 0.2) is 22.0 Å². The van der Waals surface area contributed by atoms with E-state index < -0.39 is 0 Å². The van der Waals surface area contributed by atoms with Crippen molar-refractivity contribution in [3.05, 3.63) is 43.7 Å². The average Bonchev–Trinajstić information content (AvgIpc) is 2.73. The van der Waals surface area contributed by atoms with Gasteiger partial charge in [-0.25, -0.2) is 4.98 Å². The molecule has 0 aromatic carbocycles. The molecule has 2 aromatic heterocycles. The maximum absolute atomic E-state index is 9.29. The first-order valence-electron chi connectivity index (χ1n) is 5.83. The van der Waals surface area contributed by atoms with Crippen LogP contribution in [0.5, 0.6) is 0 Å². The van der Waals surface area contributed by atoms with Crippen LogP contribution in [-0.4, -0.2) is 12.0 Å². The van der Waals surface area contributed by atoms with Crippen molar-refractivity contribution in [1.29, 1.82) is 5.26 Å². The molecule has 2 heterocycles. The van der Waals surface area contributed by atoms with Gasteiger partial charge in [0.2, 0.25) is 0 Å². The molecule has 5 heteroatoms. The highest BCUT2D eigenvalue weighted by atomic mass is 79.9. The summed E-state index contributed by atoms with van der Waals surface area (Å²) in [5.74, 6) is 0.754. The fourth-order valence-electron chi connectivity index (χ4n) is 1.98. The number of anilines is 1. The molecule has 0 fully saturated rings.